The zero-order valence-electron chi connectivity index (χ0n) is 14.7. The Bertz CT molecular complexity index is 462. The number of hydrogen-bond acceptors (Lipinski definition) is 3. The zero-order chi connectivity index (χ0) is 15.8. The fourth-order valence-electron chi connectivity index (χ4n) is 3.02. The Morgan fingerprint density at radius 3 is 2.38 bits per heavy atom. The van der Waals surface area contributed by atoms with Crippen LogP contribution in [0.3, 0.4) is 0 Å². The molecule has 138 valence electrons. The summed E-state index contributed by atoms with van der Waals surface area (Å²) < 4.78 is 0. The van der Waals surface area contributed by atoms with Crippen molar-refractivity contribution >= 4 is 30.7 Å². The number of aryl methyl sites for hydroxylation is 1. The fourth-order valence-corrected chi connectivity index (χ4v) is 3.02. The molecule has 1 amide bonds. The van der Waals surface area contributed by atoms with Crippen molar-refractivity contribution in [1.29, 1.82) is 0 Å². The number of halogens is 2. The molecule has 1 atom stereocenters. The third kappa shape index (κ3) is 7.39. The van der Waals surface area contributed by atoms with Gasteiger partial charge in [0.25, 0.3) is 0 Å². The maximum absolute atomic E-state index is 12.0. The minimum absolute atomic E-state index is 0. The Morgan fingerprint density at radius 1 is 1.17 bits per heavy atom. The number of hydrogen-bond donors (Lipinski definition) is 2. The zero-order valence-corrected chi connectivity index (χ0v) is 16.3. The minimum atomic E-state index is 0. The first kappa shape index (κ1) is 23.2. The molecule has 1 aromatic rings. The van der Waals surface area contributed by atoms with Crippen LogP contribution in [0.1, 0.15) is 42.9 Å². The Morgan fingerprint density at radius 2 is 1.79 bits per heavy atom. The third-order valence-electron chi connectivity index (χ3n) is 4.37. The Kier molecular flexibility index (Phi) is 12.1. The standard InChI is InChI=1S/C18H29N3O.2ClH/c1-15-7-9-16(10-8-15)17(21-12-3-4-13-21)14-20-18(22)6-5-11-19-2;;/h7-10,17,19H,3-6,11-14H2,1-2H3,(H,20,22);2*1H. The summed E-state index contributed by atoms with van der Waals surface area (Å²) in [5.41, 5.74) is 2.59. The number of nitrogens with one attached hydrogen (secondary N) is 2. The van der Waals surface area contributed by atoms with Crippen LogP contribution in [0.4, 0.5) is 0 Å². The molecular formula is C18H31Cl2N3O. The van der Waals surface area contributed by atoms with Crippen LogP contribution in [0.2, 0.25) is 0 Å². The number of likely N-dealkylation sites (tertiary alicyclic amines) is 1. The van der Waals surface area contributed by atoms with Gasteiger partial charge >= 0.3 is 0 Å². The topological polar surface area (TPSA) is 44.4 Å². The van der Waals surface area contributed by atoms with Crippen molar-refractivity contribution < 1.29 is 4.79 Å². The van der Waals surface area contributed by atoms with Crippen LogP contribution in [0.25, 0.3) is 0 Å². The van der Waals surface area contributed by atoms with Gasteiger partial charge in [0.15, 0.2) is 0 Å². The maximum Gasteiger partial charge on any atom is 0.220 e. The number of benzene rings is 1. The van der Waals surface area contributed by atoms with Gasteiger partial charge in [0.1, 0.15) is 0 Å². The Labute approximate surface area is 158 Å². The molecule has 1 aromatic carbocycles. The average molecular weight is 376 g/mol. The second-order valence-corrected chi connectivity index (χ2v) is 6.18. The normalized spacial score (nSPS) is 15.2. The smallest absolute Gasteiger partial charge is 0.220 e. The highest BCUT2D eigenvalue weighted by molar-refractivity contribution is 5.85. The van der Waals surface area contributed by atoms with Gasteiger partial charge in [-0.1, -0.05) is 29.8 Å². The van der Waals surface area contributed by atoms with E-state index in [2.05, 4.69) is 46.7 Å². The summed E-state index contributed by atoms with van der Waals surface area (Å²) in [5, 5.41) is 6.20. The van der Waals surface area contributed by atoms with Crippen molar-refractivity contribution in [2.24, 2.45) is 0 Å². The van der Waals surface area contributed by atoms with E-state index in [0.717, 1.165) is 26.1 Å². The molecule has 24 heavy (non-hydrogen) atoms. The average Bonchev–Trinajstić information content (AvgIpc) is 3.04. The van der Waals surface area contributed by atoms with Crippen molar-refractivity contribution in [1.82, 2.24) is 15.5 Å². The van der Waals surface area contributed by atoms with E-state index < -0.39 is 0 Å². The predicted octanol–water partition coefficient (Wildman–Crippen LogP) is 3.09. The van der Waals surface area contributed by atoms with Crippen molar-refractivity contribution in [3.05, 3.63) is 35.4 Å². The second kappa shape index (κ2) is 12.5. The molecule has 0 saturated carbocycles. The number of rotatable bonds is 8. The lowest BCUT2D eigenvalue weighted by Crippen LogP contribution is -2.36. The van der Waals surface area contributed by atoms with Gasteiger partial charge in [0.05, 0.1) is 6.04 Å². The molecule has 0 spiro atoms. The molecule has 1 saturated heterocycles. The van der Waals surface area contributed by atoms with Crippen molar-refractivity contribution in [2.45, 2.75) is 38.6 Å². The first-order valence-electron chi connectivity index (χ1n) is 8.42. The first-order valence-corrected chi connectivity index (χ1v) is 8.42. The summed E-state index contributed by atoms with van der Waals surface area (Å²) in [4.78, 5) is 14.5. The van der Waals surface area contributed by atoms with E-state index in [1.807, 2.05) is 7.05 Å². The summed E-state index contributed by atoms with van der Waals surface area (Å²) in [5.74, 6) is 0.159. The largest absolute Gasteiger partial charge is 0.354 e. The van der Waals surface area contributed by atoms with Crippen LogP contribution in [-0.4, -0.2) is 44.0 Å². The lowest BCUT2D eigenvalue weighted by molar-refractivity contribution is -0.121. The van der Waals surface area contributed by atoms with Gasteiger partial charge < -0.3 is 10.6 Å². The molecule has 2 rings (SSSR count). The quantitative estimate of drug-likeness (QED) is 0.686. The molecule has 0 bridgehead atoms. The first-order chi connectivity index (χ1) is 10.7. The van der Waals surface area contributed by atoms with Gasteiger partial charge in [-0.05, 0) is 58.4 Å². The van der Waals surface area contributed by atoms with Crippen molar-refractivity contribution in [3.8, 4) is 0 Å². The summed E-state index contributed by atoms with van der Waals surface area (Å²) in [7, 11) is 1.92. The molecule has 1 unspecified atom stereocenters. The monoisotopic (exact) mass is 375 g/mol. The number of amides is 1. The highest BCUT2D eigenvalue weighted by atomic mass is 35.5. The summed E-state index contributed by atoms with van der Waals surface area (Å²) in [6.45, 7) is 5.98. The lowest BCUT2D eigenvalue weighted by atomic mass is 10.0. The van der Waals surface area contributed by atoms with Gasteiger partial charge in [-0.2, -0.15) is 0 Å². The molecule has 1 fully saturated rings. The van der Waals surface area contributed by atoms with E-state index in [4.69, 9.17) is 0 Å². The van der Waals surface area contributed by atoms with Crippen LogP contribution in [0, 0.1) is 6.92 Å². The summed E-state index contributed by atoms with van der Waals surface area (Å²) >= 11 is 0. The SMILES string of the molecule is CNCCCC(=O)NCC(c1ccc(C)cc1)N1CCCC1.Cl.Cl. The van der Waals surface area contributed by atoms with E-state index in [9.17, 15) is 4.79 Å². The number of carbonyl (C=O) groups is 1. The number of nitrogens with zero attached hydrogens (tertiary/aromatic N) is 1. The van der Waals surface area contributed by atoms with Crippen molar-refractivity contribution in [2.75, 3.05) is 33.2 Å². The molecule has 2 N–H and O–H groups in total. The van der Waals surface area contributed by atoms with Gasteiger partial charge in [-0.3, -0.25) is 9.69 Å². The van der Waals surface area contributed by atoms with Gasteiger partial charge in [-0.15, -0.1) is 24.8 Å². The molecule has 1 aliphatic rings. The lowest BCUT2D eigenvalue weighted by Gasteiger charge is -2.28. The van der Waals surface area contributed by atoms with Crippen molar-refractivity contribution in [3.63, 3.8) is 0 Å². The molecule has 0 radical (unpaired) electrons. The molecule has 0 aliphatic carbocycles. The summed E-state index contributed by atoms with van der Waals surface area (Å²) in [6, 6.07) is 9.02. The van der Waals surface area contributed by atoms with Crippen LogP contribution >= 0.6 is 24.8 Å². The van der Waals surface area contributed by atoms with Crippen LogP contribution in [0.15, 0.2) is 24.3 Å². The van der Waals surface area contributed by atoms with Gasteiger partial charge in [0.2, 0.25) is 5.91 Å². The van der Waals surface area contributed by atoms with E-state index >= 15 is 0 Å². The van der Waals surface area contributed by atoms with Gasteiger partial charge in [0, 0.05) is 13.0 Å². The molecular weight excluding hydrogens is 345 g/mol. The maximum atomic E-state index is 12.0. The van der Waals surface area contributed by atoms with E-state index in [0.29, 0.717) is 19.0 Å². The molecule has 1 heterocycles. The fraction of sp³-hybridized carbons (Fsp3) is 0.611. The number of carbonyl (C=O) groups excluding carboxylic acids is 1. The molecule has 0 aromatic heterocycles. The third-order valence-corrected chi connectivity index (χ3v) is 4.37. The van der Waals surface area contributed by atoms with Gasteiger partial charge in [-0.25, -0.2) is 0 Å². The second-order valence-electron chi connectivity index (χ2n) is 6.18. The minimum Gasteiger partial charge on any atom is -0.354 e. The predicted molar refractivity (Wildman–Crippen MR) is 105 cm³/mol. The highest BCUT2D eigenvalue weighted by Gasteiger charge is 2.23. The van der Waals surface area contributed by atoms with Crippen LogP contribution < -0.4 is 10.6 Å². The van der Waals surface area contributed by atoms with E-state index in [-0.39, 0.29) is 30.7 Å². The van der Waals surface area contributed by atoms with E-state index in [1.165, 1.54) is 24.0 Å². The molecule has 1 aliphatic heterocycles. The Hall–Kier alpha value is -0.810. The summed E-state index contributed by atoms with van der Waals surface area (Å²) in [6.07, 6.45) is 4.01. The van der Waals surface area contributed by atoms with Crippen LogP contribution in [0.5, 0.6) is 0 Å². The Balaban J connectivity index is 0.00000264. The molecule has 6 heteroatoms. The van der Waals surface area contributed by atoms with Crippen LogP contribution in [-0.2, 0) is 4.79 Å². The highest BCUT2D eigenvalue weighted by Crippen LogP contribution is 2.24. The molecule has 4 nitrogen and oxygen atoms in total. The van der Waals surface area contributed by atoms with E-state index in [1.54, 1.807) is 0 Å².